The monoisotopic (exact) mass is 366 g/mol. The molecule has 1 N–H and O–H groups in total. The standard InChI is InChI=1S/C20H22N4OS/c1-13(2)19-23-22-18-10-9-16(12-24(18)19)26-17-6-4-3-5-15(17)11-21-20(25)14-7-8-14/h3-6,9-10,12-14H,7-8,11H2,1-2H3,(H,21,25). The fourth-order valence-corrected chi connectivity index (χ4v) is 3.86. The van der Waals surface area contributed by atoms with Crippen LogP contribution in [0.3, 0.4) is 0 Å². The minimum atomic E-state index is 0.178. The van der Waals surface area contributed by atoms with Gasteiger partial charge in [-0.05, 0) is 36.6 Å². The molecule has 1 aliphatic carbocycles. The zero-order chi connectivity index (χ0) is 18.1. The predicted molar refractivity (Wildman–Crippen MR) is 102 cm³/mol. The van der Waals surface area contributed by atoms with Gasteiger partial charge in [-0.1, -0.05) is 43.8 Å². The van der Waals surface area contributed by atoms with Gasteiger partial charge in [0.05, 0.1) is 0 Å². The van der Waals surface area contributed by atoms with Gasteiger partial charge >= 0.3 is 0 Å². The molecule has 1 amide bonds. The van der Waals surface area contributed by atoms with E-state index in [0.717, 1.165) is 39.7 Å². The van der Waals surface area contributed by atoms with Crippen LogP contribution in [0.2, 0.25) is 0 Å². The van der Waals surface area contributed by atoms with E-state index in [9.17, 15) is 4.79 Å². The van der Waals surface area contributed by atoms with Gasteiger partial charge in [-0.2, -0.15) is 0 Å². The molecule has 0 unspecified atom stereocenters. The first kappa shape index (κ1) is 17.1. The normalized spacial score (nSPS) is 14.1. The van der Waals surface area contributed by atoms with Crippen LogP contribution in [0.1, 0.15) is 44.0 Å². The third kappa shape index (κ3) is 3.60. The van der Waals surface area contributed by atoms with Crippen LogP contribution >= 0.6 is 11.8 Å². The van der Waals surface area contributed by atoms with Crippen LogP contribution in [0.25, 0.3) is 5.65 Å². The molecule has 0 radical (unpaired) electrons. The summed E-state index contributed by atoms with van der Waals surface area (Å²) in [6.07, 6.45) is 4.15. The molecule has 4 rings (SSSR count). The fraction of sp³-hybridized carbons (Fsp3) is 0.350. The van der Waals surface area contributed by atoms with E-state index < -0.39 is 0 Å². The average molecular weight is 366 g/mol. The number of aromatic nitrogens is 3. The molecule has 5 nitrogen and oxygen atoms in total. The number of carbonyl (C=O) groups excluding carboxylic acids is 1. The minimum absolute atomic E-state index is 0.178. The Labute approximate surface area is 157 Å². The highest BCUT2D eigenvalue weighted by atomic mass is 32.2. The molecule has 6 heteroatoms. The molecule has 26 heavy (non-hydrogen) atoms. The van der Waals surface area contributed by atoms with Crippen molar-refractivity contribution in [3.63, 3.8) is 0 Å². The first-order chi connectivity index (χ1) is 12.6. The number of nitrogens with one attached hydrogen (secondary N) is 1. The molecule has 1 aromatic carbocycles. The second-order valence-electron chi connectivity index (χ2n) is 7.01. The molecule has 3 aromatic rings. The fourth-order valence-electron chi connectivity index (χ4n) is 2.89. The number of nitrogens with zero attached hydrogens (tertiary/aromatic N) is 3. The summed E-state index contributed by atoms with van der Waals surface area (Å²) >= 11 is 1.70. The lowest BCUT2D eigenvalue weighted by Gasteiger charge is -2.11. The Kier molecular flexibility index (Phi) is 4.68. The van der Waals surface area contributed by atoms with Gasteiger partial charge in [0.25, 0.3) is 0 Å². The number of rotatable bonds is 6. The van der Waals surface area contributed by atoms with E-state index in [-0.39, 0.29) is 11.8 Å². The van der Waals surface area contributed by atoms with E-state index >= 15 is 0 Å². The van der Waals surface area contributed by atoms with Crippen LogP contribution < -0.4 is 5.32 Å². The van der Waals surface area contributed by atoms with Gasteiger partial charge in [0.15, 0.2) is 5.65 Å². The molecule has 0 atom stereocenters. The second-order valence-corrected chi connectivity index (χ2v) is 8.12. The molecule has 0 spiro atoms. The smallest absolute Gasteiger partial charge is 0.223 e. The maximum atomic E-state index is 11.9. The predicted octanol–water partition coefficient (Wildman–Crippen LogP) is 4.03. The van der Waals surface area contributed by atoms with Gasteiger partial charge in [0.2, 0.25) is 5.91 Å². The number of hydrogen-bond acceptors (Lipinski definition) is 4. The Bertz CT molecular complexity index is 946. The Balaban J connectivity index is 1.55. The van der Waals surface area contributed by atoms with E-state index in [1.165, 1.54) is 0 Å². The van der Waals surface area contributed by atoms with E-state index in [1.54, 1.807) is 11.8 Å². The van der Waals surface area contributed by atoms with Crippen LogP contribution in [-0.4, -0.2) is 20.5 Å². The summed E-state index contributed by atoms with van der Waals surface area (Å²) in [5.74, 6) is 1.69. The first-order valence-corrected chi connectivity index (χ1v) is 9.81. The van der Waals surface area contributed by atoms with Crippen molar-refractivity contribution in [2.45, 2.75) is 48.9 Å². The van der Waals surface area contributed by atoms with E-state index in [0.29, 0.717) is 12.5 Å². The van der Waals surface area contributed by atoms with Crippen LogP contribution in [0.4, 0.5) is 0 Å². The van der Waals surface area contributed by atoms with Crippen LogP contribution in [0.5, 0.6) is 0 Å². The van der Waals surface area contributed by atoms with Gasteiger partial charge in [0, 0.05) is 34.4 Å². The number of amides is 1. The van der Waals surface area contributed by atoms with Crippen molar-refractivity contribution in [3.8, 4) is 0 Å². The summed E-state index contributed by atoms with van der Waals surface area (Å²) in [6.45, 7) is 4.81. The molecule has 134 valence electrons. The SMILES string of the molecule is CC(C)c1nnc2ccc(Sc3ccccc3CNC(=O)C3CC3)cn12. The van der Waals surface area contributed by atoms with Crippen molar-refractivity contribution < 1.29 is 4.79 Å². The third-order valence-electron chi connectivity index (χ3n) is 4.52. The molecule has 2 heterocycles. The zero-order valence-corrected chi connectivity index (χ0v) is 15.8. The average Bonchev–Trinajstić information content (AvgIpc) is 3.40. The Morgan fingerprint density at radius 3 is 2.81 bits per heavy atom. The van der Waals surface area contributed by atoms with Crippen LogP contribution in [-0.2, 0) is 11.3 Å². The summed E-state index contributed by atoms with van der Waals surface area (Å²) in [4.78, 5) is 14.2. The highest BCUT2D eigenvalue weighted by molar-refractivity contribution is 7.99. The maximum absolute atomic E-state index is 11.9. The highest BCUT2D eigenvalue weighted by Crippen LogP contribution is 2.32. The summed E-state index contributed by atoms with van der Waals surface area (Å²) in [5.41, 5.74) is 2.00. The summed E-state index contributed by atoms with van der Waals surface area (Å²) < 4.78 is 2.06. The van der Waals surface area contributed by atoms with Crippen molar-refractivity contribution in [2.24, 2.45) is 5.92 Å². The first-order valence-electron chi connectivity index (χ1n) is 9.00. The largest absolute Gasteiger partial charge is 0.352 e. The Morgan fingerprint density at radius 1 is 1.23 bits per heavy atom. The van der Waals surface area contributed by atoms with Crippen LogP contribution in [0.15, 0.2) is 52.4 Å². The molecule has 1 fully saturated rings. The van der Waals surface area contributed by atoms with Gasteiger partial charge < -0.3 is 5.32 Å². The highest BCUT2D eigenvalue weighted by Gasteiger charge is 2.29. The van der Waals surface area contributed by atoms with Crippen molar-refractivity contribution >= 4 is 23.3 Å². The minimum Gasteiger partial charge on any atom is -0.352 e. The Hall–Kier alpha value is -2.34. The Morgan fingerprint density at radius 2 is 2.04 bits per heavy atom. The topological polar surface area (TPSA) is 59.3 Å². The van der Waals surface area contributed by atoms with Crippen LogP contribution in [0, 0.1) is 5.92 Å². The van der Waals surface area contributed by atoms with Gasteiger partial charge in [-0.3, -0.25) is 9.20 Å². The molecule has 0 saturated heterocycles. The lowest BCUT2D eigenvalue weighted by atomic mass is 10.2. The number of pyridine rings is 1. The van der Waals surface area contributed by atoms with Gasteiger partial charge in [-0.25, -0.2) is 0 Å². The quantitative estimate of drug-likeness (QED) is 0.715. The molecular weight excluding hydrogens is 344 g/mol. The summed E-state index contributed by atoms with van der Waals surface area (Å²) in [5, 5.41) is 11.6. The number of carbonyl (C=O) groups is 1. The van der Waals surface area contributed by atoms with Crippen molar-refractivity contribution in [3.05, 3.63) is 54.0 Å². The number of fused-ring (bicyclic) bond motifs is 1. The van der Waals surface area contributed by atoms with Crippen molar-refractivity contribution in [1.29, 1.82) is 0 Å². The number of hydrogen-bond donors (Lipinski definition) is 1. The second kappa shape index (κ2) is 7.11. The summed E-state index contributed by atoms with van der Waals surface area (Å²) in [6, 6.07) is 12.3. The molecule has 0 bridgehead atoms. The van der Waals surface area contributed by atoms with Crippen molar-refractivity contribution in [1.82, 2.24) is 19.9 Å². The van der Waals surface area contributed by atoms with E-state index in [4.69, 9.17) is 0 Å². The van der Waals surface area contributed by atoms with E-state index in [1.807, 2.05) is 18.2 Å². The lowest BCUT2D eigenvalue weighted by Crippen LogP contribution is -2.24. The van der Waals surface area contributed by atoms with Crippen molar-refractivity contribution in [2.75, 3.05) is 0 Å². The molecule has 1 saturated carbocycles. The van der Waals surface area contributed by atoms with Gasteiger partial charge in [-0.15, -0.1) is 10.2 Å². The maximum Gasteiger partial charge on any atom is 0.223 e. The molecular formula is C20H22N4OS. The summed E-state index contributed by atoms with van der Waals surface area (Å²) in [7, 11) is 0. The lowest BCUT2D eigenvalue weighted by molar-refractivity contribution is -0.122. The molecule has 2 aromatic heterocycles. The van der Waals surface area contributed by atoms with E-state index in [2.05, 4.69) is 58.2 Å². The molecule has 1 aliphatic rings. The zero-order valence-electron chi connectivity index (χ0n) is 15.0. The number of benzene rings is 1. The molecule has 0 aliphatic heterocycles. The van der Waals surface area contributed by atoms with Gasteiger partial charge in [0.1, 0.15) is 5.82 Å². The third-order valence-corrected chi connectivity index (χ3v) is 5.61.